The maximum Gasteiger partial charge on any atom is 0.356 e. The fourth-order valence-electron chi connectivity index (χ4n) is 1.50. The number of carbonyl (C=O) groups is 1. The summed E-state index contributed by atoms with van der Waals surface area (Å²) in [7, 11) is 0. The first-order valence-electron chi connectivity index (χ1n) is 4.95. The third-order valence-corrected chi connectivity index (χ3v) is 2.32. The molecule has 2 rings (SSSR count). The zero-order valence-corrected chi connectivity index (χ0v) is 8.87. The van der Waals surface area contributed by atoms with Crippen molar-refractivity contribution in [1.29, 1.82) is 0 Å². The lowest BCUT2D eigenvalue weighted by Crippen LogP contribution is -2.06. The van der Waals surface area contributed by atoms with Crippen molar-refractivity contribution in [3.63, 3.8) is 0 Å². The van der Waals surface area contributed by atoms with Crippen molar-refractivity contribution in [2.24, 2.45) is 0 Å². The van der Waals surface area contributed by atoms with Gasteiger partial charge in [-0.2, -0.15) is 0 Å². The van der Waals surface area contributed by atoms with Crippen LogP contribution in [0.1, 0.15) is 23.2 Å². The number of imidazole rings is 2. The lowest BCUT2D eigenvalue weighted by molar-refractivity contribution is 0.0691. The number of nitrogens with zero attached hydrogens (tertiary/aromatic N) is 4. The summed E-state index contributed by atoms with van der Waals surface area (Å²) in [6, 6.07) is 0. The quantitative estimate of drug-likeness (QED) is 0.828. The molecular formula is C10H12N4O2. The van der Waals surface area contributed by atoms with Crippen LogP contribution in [0, 0.1) is 0 Å². The molecule has 0 radical (unpaired) electrons. The van der Waals surface area contributed by atoms with E-state index >= 15 is 0 Å². The lowest BCUT2D eigenvalue weighted by Gasteiger charge is -2.04. The summed E-state index contributed by atoms with van der Waals surface area (Å²) < 4.78 is 3.71. The number of hydrogen-bond acceptors (Lipinski definition) is 3. The van der Waals surface area contributed by atoms with Crippen molar-refractivity contribution >= 4 is 5.97 Å². The predicted molar refractivity (Wildman–Crippen MR) is 56.2 cm³/mol. The Morgan fingerprint density at radius 2 is 2.31 bits per heavy atom. The highest BCUT2D eigenvalue weighted by molar-refractivity contribution is 5.84. The highest BCUT2D eigenvalue weighted by Gasteiger charge is 2.08. The maximum atomic E-state index is 10.6. The minimum absolute atomic E-state index is 0.0506. The van der Waals surface area contributed by atoms with Crippen LogP contribution in [0.15, 0.2) is 24.9 Å². The van der Waals surface area contributed by atoms with Gasteiger partial charge in [-0.25, -0.2) is 14.8 Å². The molecule has 2 aromatic rings. The van der Waals surface area contributed by atoms with E-state index in [2.05, 4.69) is 9.97 Å². The summed E-state index contributed by atoms with van der Waals surface area (Å²) in [6.45, 7) is 3.40. The fraction of sp³-hybridized carbons (Fsp3) is 0.300. The molecule has 0 saturated carbocycles. The first-order valence-corrected chi connectivity index (χ1v) is 4.95. The number of hydrogen-bond donors (Lipinski definition) is 1. The smallest absolute Gasteiger partial charge is 0.356 e. The molecule has 1 N–H and O–H groups in total. The molecule has 0 aromatic carbocycles. The Kier molecular flexibility index (Phi) is 2.72. The van der Waals surface area contributed by atoms with Crippen LogP contribution in [0.4, 0.5) is 0 Å². The highest BCUT2D eigenvalue weighted by Crippen LogP contribution is 2.03. The molecule has 0 atom stereocenters. The minimum atomic E-state index is -1.02. The minimum Gasteiger partial charge on any atom is -0.476 e. The molecule has 0 fully saturated rings. The number of carboxylic acids is 1. The summed E-state index contributed by atoms with van der Waals surface area (Å²) in [5, 5.41) is 8.73. The van der Waals surface area contributed by atoms with Gasteiger partial charge in [0.2, 0.25) is 0 Å². The predicted octanol–water partition coefficient (Wildman–Crippen LogP) is 0.846. The molecule has 6 heteroatoms. The van der Waals surface area contributed by atoms with Gasteiger partial charge in [-0.15, -0.1) is 0 Å². The van der Waals surface area contributed by atoms with Crippen molar-refractivity contribution in [3.05, 3.63) is 36.4 Å². The first-order chi connectivity index (χ1) is 7.70. The molecule has 6 nitrogen and oxygen atoms in total. The SMILES string of the molecule is CCn1ccnc1Cn1cnc(C(=O)O)c1. The Bertz CT molecular complexity index is 500. The topological polar surface area (TPSA) is 72.9 Å². The maximum absolute atomic E-state index is 10.6. The van der Waals surface area contributed by atoms with Crippen LogP contribution in [-0.2, 0) is 13.1 Å². The van der Waals surface area contributed by atoms with E-state index < -0.39 is 5.97 Å². The summed E-state index contributed by atoms with van der Waals surface area (Å²) in [5.74, 6) is -0.130. The number of carboxylic acid groups (broad SMARTS) is 1. The number of aromatic carboxylic acids is 1. The molecule has 0 saturated heterocycles. The van der Waals surface area contributed by atoms with Gasteiger partial charge in [0.05, 0.1) is 12.9 Å². The molecule has 0 spiro atoms. The molecule has 84 valence electrons. The van der Waals surface area contributed by atoms with Crippen molar-refractivity contribution in [2.45, 2.75) is 20.0 Å². The van der Waals surface area contributed by atoms with Gasteiger partial charge in [0.25, 0.3) is 0 Å². The highest BCUT2D eigenvalue weighted by atomic mass is 16.4. The molecule has 0 aliphatic carbocycles. The molecular weight excluding hydrogens is 208 g/mol. The third kappa shape index (κ3) is 1.95. The Labute approximate surface area is 92.2 Å². The zero-order chi connectivity index (χ0) is 11.5. The first kappa shape index (κ1) is 10.4. The second-order valence-corrected chi connectivity index (χ2v) is 3.37. The Morgan fingerprint density at radius 3 is 2.94 bits per heavy atom. The standard InChI is InChI=1S/C10H12N4O2/c1-2-14-4-3-11-9(14)6-13-5-8(10(15)16)12-7-13/h3-5,7H,2,6H2,1H3,(H,15,16). The van der Waals surface area contributed by atoms with Gasteiger partial charge in [-0.3, -0.25) is 0 Å². The zero-order valence-electron chi connectivity index (χ0n) is 8.87. The van der Waals surface area contributed by atoms with Gasteiger partial charge in [-0.1, -0.05) is 0 Å². The number of rotatable bonds is 4. The summed E-state index contributed by atoms with van der Waals surface area (Å²) in [5.41, 5.74) is 0.0506. The second kappa shape index (κ2) is 4.18. The van der Waals surface area contributed by atoms with Crippen molar-refractivity contribution in [1.82, 2.24) is 19.1 Å². The molecule has 2 heterocycles. The number of aryl methyl sites for hydroxylation is 1. The van der Waals surface area contributed by atoms with Gasteiger partial charge in [0.1, 0.15) is 5.82 Å². The number of aromatic nitrogens is 4. The lowest BCUT2D eigenvalue weighted by atomic mass is 10.5. The van der Waals surface area contributed by atoms with Crippen LogP contribution in [0.5, 0.6) is 0 Å². The van der Waals surface area contributed by atoms with Crippen LogP contribution < -0.4 is 0 Å². The van der Waals surface area contributed by atoms with Gasteiger partial charge in [-0.05, 0) is 6.92 Å². The van der Waals surface area contributed by atoms with Gasteiger partial charge < -0.3 is 14.2 Å². The van der Waals surface area contributed by atoms with E-state index in [-0.39, 0.29) is 5.69 Å². The molecule has 0 bridgehead atoms. The fourth-order valence-corrected chi connectivity index (χ4v) is 1.50. The molecule has 0 aliphatic heterocycles. The summed E-state index contributed by atoms with van der Waals surface area (Å²) in [4.78, 5) is 18.6. The van der Waals surface area contributed by atoms with Crippen molar-refractivity contribution in [3.8, 4) is 0 Å². The van der Waals surface area contributed by atoms with Crippen LogP contribution in [0.3, 0.4) is 0 Å². The van der Waals surface area contributed by atoms with Crippen molar-refractivity contribution in [2.75, 3.05) is 0 Å². The van der Waals surface area contributed by atoms with E-state index in [1.165, 1.54) is 12.5 Å². The second-order valence-electron chi connectivity index (χ2n) is 3.37. The monoisotopic (exact) mass is 220 g/mol. The van der Waals surface area contributed by atoms with E-state index in [0.29, 0.717) is 6.54 Å². The summed E-state index contributed by atoms with van der Waals surface area (Å²) >= 11 is 0. The normalized spacial score (nSPS) is 10.6. The van der Waals surface area contributed by atoms with Gasteiger partial charge in [0, 0.05) is 25.1 Å². The van der Waals surface area contributed by atoms with Gasteiger partial charge >= 0.3 is 5.97 Å². The average Bonchev–Trinajstić information content (AvgIpc) is 2.87. The van der Waals surface area contributed by atoms with Crippen LogP contribution in [0.2, 0.25) is 0 Å². The van der Waals surface area contributed by atoms with E-state index in [1.54, 1.807) is 10.8 Å². The molecule has 16 heavy (non-hydrogen) atoms. The Balaban J connectivity index is 2.17. The molecule has 0 aliphatic rings. The van der Waals surface area contributed by atoms with E-state index in [4.69, 9.17) is 5.11 Å². The molecule has 0 unspecified atom stereocenters. The largest absolute Gasteiger partial charge is 0.476 e. The average molecular weight is 220 g/mol. The summed E-state index contributed by atoms with van der Waals surface area (Å²) in [6.07, 6.45) is 6.62. The third-order valence-electron chi connectivity index (χ3n) is 2.32. The van der Waals surface area contributed by atoms with Crippen molar-refractivity contribution < 1.29 is 9.90 Å². The molecule has 0 amide bonds. The van der Waals surface area contributed by atoms with E-state index in [1.807, 2.05) is 17.7 Å². The Morgan fingerprint density at radius 1 is 1.50 bits per heavy atom. The molecule has 2 aromatic heterocycles. The Hall–Kier alpha value is -2.11. The van der Waals surface area contributed by atoms with Crippen LogP contribution in [0.25, 0.3) is 0 Å². The van der Waals surface area contributed by atoms with Crippen LogP contribution in [-0.4, -0.2) is 30.2 Å². The van der Waals surface area contributed by atoms with E-state index in [0.717, 1.165) is 12.4 Å². The van der Waals surface area contributed by atoms with Crippen LogP contribution >= 0.6 is 0 Å². The van der Waals surface area contributed by atoms with Gasteiger partial charge in [0.15, 0.2) is 5.69 Å². The van der Waals surface area contributed by atoms with E-state index in [9.17, 15) is 4.79 Å².